The maximum atomic E-state index is 11.9. The minimum atomic E-state index is -0.887. The number of ether oxygens (including phenoxy) is 3. The molecule has 1 rings (SSSR count). The number of nitrogens with one attached hydrogen (secondary N) is 1. The van der Waals surface area contributed by atoms with Crippen LogP contribution in [0.4, 0.5) is 4.79 Å². The van der Waals surface area contributed by atoms with Crippen molar-refractivity contribution in [1.29, 1.82) is 0 Å². The molecule has 0 heterocycles. The number of benzene rings is 1. The molecule has 0 aromatic heterocycles. The average molecular weight is 363 g/mol. The molecule has 0 aliphatic carbocycles. The summed E-state index contributed by atoms with van der Waals surface area (Å²) in [5.74, 6) is -0.961. The summed E-state index contributed by atoms with van der Waals surface area (Å²) in [6, 6.07) is 8.32. The number of hydrogen-bond acceptors (Lipinski definition) is 6. The van der Waals surface area contributed by atoms with Gasteiger partial charge in [-0.15, -0.1) is 0 Å². The Bertz CT molecular complexity index is 626. The Hall–Kier alpha value is -2.83. The topological polar surface area (TPSA) is 90.9 Å². The molecule has 1 unspecified atom stereocenters. The molecule has 1 atom stereocenters. The number of carbonyl (C=O) groups excluding carboxylic acids is 3. The molecule has 0 aliphatic heterocycles. The summed E-state index contributed by atoms with van der Waals surface area (Å²) in [7, 11) is 1.25. The Balaban J connectivity index is 2.60. The van der Waals surface area contributed by atoms with Crippen LogP contribution in [0.2, 0.25) is 0 Å². The van der Waals surface area contributed by atoms with E-state index in [9.17, 15) is 14.4 Å². The number of esters is 2. The van der Waals surface area contributed by atoms with Crippen molar-refractivity contribution in [3.8, 4) is 0 Å². The zero-order valence-corrected chi connectivity index (χ0v) is 15.3. The van der Waals surface area contributed by atoms with E-state index in [1.165, 1.54) is 14.0 Å². The van der Waals surface area contributed by atoms with Gasteiger partial charge in [0.1, 0.15) is 19.3 Å². The van der Waals surface area contributed by atoms with E-state index >= 15 is 0 Å². The van der Waals surface area contributed by atoms with E-state index < -0.39 is 18.1 Å². The fourth-order valence-corrected chi connectivity index (χ4v) is 2.05. The van der Waals surface area contributed by atoms with Gasteiger partial charge in [-0.2, -0.15) is 0 Å². The molecule has 1 amide bonds. The van der Waals surface area contributed by atoms with Gasteiger partial charge in [0.05, 0.1) is 7.11 Å². The molecular formula is C19H25NO6. The maximum Gasteiger partial charge on any atom is 0.408 e. The molecule has 1 aromatic rings. The smallest absolute Gasteiger partial charge is 0.408 e. The Morgan fingerprint density at radius 3 is 2.42 bits per heavy atom. The summed E-state index contributed by atoms with van der Waals surface area (Å²) in [4.78, 5) is 34.7. The Morgan fingerprint density at radius 1 is 1.15 bits per heavy atom. The van der Waals surface area contributed by atoms with Crippen molar-refractivity contribution in [2.24, 2.45) is 0 Å². The molecule has 7 nitrogen and oxygen atoms in total. The van der Waals surface area contributed by atoms with E-state index in [0.717, 1.165) is 11.1 Å². The van der Waals surface area contributed by atoms with Crippen LogP contribution in [0.25, 0.3) is 0 Å². The average Bonchev–Trinajstić information content (AvgIpc) is 2.65. The van der Waals surface area contributed by atoms with E-state index in [1.54, 1.807) is 6.08 Å². The third kappa shape index (κ3) is 8.32. The second-order valence-corrected chi connectivity index (χ2v) is 5.51. The Labute approximate surface area is 153 Å². The second-order valence-electron chi connectivity index (χ2n) is 5.51. The molecule has 142 valence electrons. The van der Waals surface area contributed by atoms with E-state index in [0.29, 0.717) is 6.42 Å². The van der Waals surface area contributed by atoms with Gasteiger partial charge in [-0.1, -0.05) is 43.3 Å². The molecule has 0 saturated carbocycles. The SMILES string of the molecule is CC/C(=C\CC(NC(=O)OCc1ccccc1)C(=O)OC)COC(C)=O. The minimum absolute atomic E-state index is 0.100. The molecule has 0 aliphatic rings. The molecule has 7 heteroatoms. The van der Waals surface area contributed by atoms with Gasteiger partial charge < -0.3 is 19.5 Å². The lowest BCUT2D eigenvalue weighted by Crippen LogP contribution is -2.41. The van der Waals surface area contributed by atoms with Gasteiger partial charge in [0, 0.05) is 6.92 Å². The summed E-state index contributed by atoms with van der Waals surface area (Å²) < 4.78 is 14.8. The van der Waals surface area contributed by atoms with Crippen LogP contribution in [0.1, 0.15) is 32.3 Å². The first kappa shape index (κ1) is 21.2. The molecular weight excluding hydrogens is 338 g/mol. The molecule has 0 fully saturated rings. The van der Waals surface area contributed by atoms with Crippen LogP contribution >= 0.6 is 0 Å². The summed E-state index contributed by atoms with van der Waals surface area (Å²) in [6.07, 6.45) is 1.90. The van der Waals surface area contributed by atoms with Gasteiger partial charge in [0.2, 0.25) is 0 Å². The van der Waals surface area contributed by atoms with E-state index in [1.807, 2.05) is 37.3 Å². The zero-order valence-electron chi connectivity index (χ0n) is 15.3. The zero-order chi connectivity index (χ0) is 19.4. The molecule has 1 aromatic carbocycles. The fraction of sp³-hybridized carbons (Fsp3) is 0.421. The third-order valence-electron chi connectivity index (χ3n) is 3.55. The lowest BCUT2D eigenvalue weighted by molar-refractivity contribution is -0.143. The Kier molecular flexibility index (Phi) is 9.53. The van der Waals surface area contributed by atoms with Gasteiger partial charge in [0.25, 0.3) is 0 Å². The number of methoxy groups -OCH3 is 1. The van der Waals surface area contributed by atoms with Crippen LogP contribution in [-0.2, 0) is 30.4 Å². The second kappa shape index (κ2) is 11.7. The summed E-state index contributed by atoms with van der Waals surface area (Å²) in [6.45, 7) is 3.49. The van der Waals surface area contributed by atoms with Gasteiger partial charge >= 0.3 is 18.0 Å². The Morgan fingerprint density at radius 2 is 1.85 bits per heavy atom. The molecule has 26 heavy (non-hydrogen) atoms. The van der Waals surface area contributed by atoms with Crippen LogP contribution in [0.15, 0.2) is 42.0 Å². The normalized spacial score (nSPS) is 12.0. The largest absolute Gasteiger partial charge is 0.467 e. The molecule has 1 N–H and O–H groups in total. The molecule has 0 spiro atoms. The molecule has 0 radical (unpaired) electrons. The summed E-state index contributed by atoms with van der Waals surface area (Å²) >= 11 is 0. The number of alkyl carbamates (subject to hydrolysis) is 1. The highest BCUT2D eigenvalue weighted by molar-refractivity contribution is 5.81. The highest BCUT2D eigenvalue weighted by Crippen LogP contribution is 2.07. The number of hydrogen-bond donors (Lipinski definition) is 1. The van der Waals surface area contributed by atoms with Gasteiger partial charge in [0.15, 0.2) is 0 Å². The number of amides is 1. The third-order valence-corrected chi connectivity index (χ3v) is 3.55. The van der Waals surface area contributed by atoms with Crippen LogP contribution < -0.4 is 5.32 Å². The van der Waals surface area contributed by atoms with E-state index in [-0.39, 0.29) is 25.6 Å². The highest BCUT2D eigenvalue weighted by atomic mass is 16.6. The van der Waals surface area contributed by atoms with Gasteiger partial charge in [-0.05, 0) is 24.0 Å². The van der Waals surface area contributed by atoms with Crippen molar-refractivity contribution in [2.75, 3.05) is 13.7 Å². The van der Waals surface area contributed by atoms with Gasteiger partial charge in [-0.3, -0.25) is 4.79 Å². The molecule has 0 saturated heterocycles. The number of carbonyl (C=O) groups is 3. The fourth-order valence-electron chi connectivity index (χ4n) is 2.05. The van der Waals surface area contributed by atoms with Crippen molar-refractivity contribution in [3.05, 3.63) is 47.5 Å². The standard InChI is InChI=1S/C19H25NO6/c1-4-15(12-25-14(2)21)10-11-17(18(22)24-3)20-19(23)26-13-16-8-6-5-7-9-16/h5-10,17H,4,11-13H2,1-3H3,(H,20,23)/b15-10+. The maximum absolute atomic E-state index is 11.9. The lowest BCUT2D eigenvalue weighted by atomic mass is 10.1. The first-order chi connectivity index (χ1) is 12.5. The van der Waals surface area contributed by atoms with Crippen molar-refractivity contribution < 1.29 is 28.6 Å². The van der Waals surface area contributed by atoms with Gasteiger partial charge in [-0.25, -0.2) is 9.59 Å². The van der Waals surface area contributed by atoms with Crippen molar-refractivity contribution >= 4 is 18.0 Å². The van der Waals surface area contributed by atoms with Crippen molar-refractivity contribution in [1.82, 2.24) is 5.32 Å². The summed E-state index contributed by atoms with van der Waals surface area (Å²) in [5, 5.41) is 2.49. The first-order valence-electron chi connectivity index (χ1n) is 8.32. The number of rotatable bonds is 9. The predicted molar refractivity (Wildman–Crippen MR) is 95.2 cm³/mol. The lowest BCUT2D eigenvalue weighted by Gasteiger charge is -2.16. The van der Waals surface area contributed by atoms with Crippen LogP contribution in [0.5, 0.6) is 0 Å². The van der Waals surface area contributed by atoms with Crippen LogP contribution in [0.3, 0.4) is 0 Å². The van der Waals surface area contributed by atoms with Crippen LogP contribution in [0, 0.1) is 0 Å². The summed E-state index contributed by atoms with van der Waals surface area (Å²) in [5.41, 5.74) is 1.68. The van der Waals surface area contributed by atoms with E-state index in [4.69, 9.17) is 14.2 Å². The molecule has 0 bridgehead atoms. The van der Waals surface area contributed by atoms with Crippen LogP contribution in [-0.4, -0.2) is 37.8 Å². The monoisotopic (exact) mass is 363 g/mol. The highest BCUT2D eigenvalue weighted by Gasteiger charge is 2.21. The first-order valence-corrected chi connectivity index (χ1v) is 8.32. The van der Waals surface area contributed by atoms with Crippen molar-refractivity contribution in [3.63, 3.8) is 0 Å². The minimum Gasteiger partial charge on any atom is -0.467 e. The van der Waals surface area contributed by atoms with E-state index in [2.05, 4.69) is 5.32 Å². The quantitative estimate of drug-likeness (QED) is 0.412. The van der Waals surface area contributed by atoms with Crippen molar-refractivity contribution in [2.45, 2.75) is 39.3 Å². The predicted octanol–water partition coefficient (Wildman–Crippen LogP) is 2.74.